The van der Waals surface area contributed by atoms with Crippen LogP contribution in [0.25, 0.3) is 21.7 Å². The molecule has 2 aromatic heterocycles. The van der Waals surface area contributed by atoms with Crippen molar-refractivity contribution in [3.8, 4) is 21.7 Å². The Morgan fingerprint density at radius 1 is 1.14 bits per heavy atom. The van der Waals surface area contributed by atoms with Gasteiger partial charge in [-0.3, -0.25) is 0 Å². The summed E-state index contributed by atoms with van der Waals surface area (Å²) in [7, 11) is 5.79. The molecule has 0 aliphatic heterocycles. The number of halogens is 2. The van der Waals surface area contributed by atoms with Crippen LogP contribution in [0.4, 0.5) is 5.82 Å². The van der Waals surface area contributed by atoms with Crippen molar-refractivity contribution in [2.24, 2.45) is 0 Å². The minimum absolute atomic E-state index is 0.370. The van der Waals surface area contributed by atoms with Gasteiger partial charge in [-0.05, 0) is 6.07 Å². The first kappa shape index (κ1) is 14.4. The van der Waals surface area contributed by atoms with E-state index in [0.29, 0.717) is 32.6 Å². The van der Waals surface area contributed by atoms with E-state index in [2.05, 4.69) is 9.97 Å². The summed E-state index contributed by atoms with van der Waals surface area (Å²) in [6.45, 7) is 0. The average molecular weight is 332 g/mol. The molecule has 0 aliphatic carbocycles. The van der Waals surface area contributed by atoms with Crippen molar-refractivity contribution < 1.29 is 0 Å². The molecular weight excluding hydrogens is 324 g/mol. The lowest BCUT2D eigenvalue weighted by Gasteiger charge is -2.08. The van der Waals surface area contributed by atoms with Crippen LogP contribution in [0.3, 0.4) is 0 Å². The van der Waals surface area contributed by atoms with Crippen LogP contribution >= 0.6 is 34.5 Å². The van der Waals surface area contributed by atoms with Gasteiger partial charge < -0.3 is 5.73 Å². The molecule has 21 heavy (non-hydrogen) atoms. The number of pyridine rings is 1. The Hall–Kier alpha value is -1.56. The SMILES string of the molecule is [B]c1cnc(N)c(-c2ncsc2-c2cccc(Cl)c2Cl)c1. The lowest BCUT2D eigenvalue weighted by Crippen LogP contribution is -2.07. The van der Waals surface area contributed by atoms with Gasteiger partial charge in [0, 0.05) is 17.3 Å². The highest BCUT2D eigenvalue weighted by molar-refractivity contribution is 7.13. The predicted octanol–water partition coefficient (Wildman–Crippen LogP) is 3.55. The quantitative estimate of drug-likeness (QED) is 0.730. The van der Waals surface area contributed by atoms with Gasteiger partial charge in [-0.2, -0.15) is 0 Å². The second-order valence-electron chi connectivity index (χ2n) is 4.33. The summed E-state index contributed by atoms with van der Waals surface area (Å²) in [5, 5.41) is 0.979. The fourth-order valence-electron chi connectivity index (χ4n) is 1.99. The minimum atomic E-state index is 0.370. The predicted molar refractivity (Wildman–Crippen MR) is 90.6 cm³/mol. The Morgan fingerprint density at radius 2 is 1.95 bits per heavy atom. The van der Waals surface area contributed by atoms with E-state index in [9.17, 15) is 0 Å². The zero-order valence-corrected chi connectivity index (χ0v) is 13.0. The standard InChI is InChI=1S/C14H8BCl2N3S/c15-7-4-9(14(18)19-5-7)12-13(21-6-20-12)8-2-1-3-10(16)11(8)17/h1-6H,(H2,18,19). The van der Waals surface area contributed by atoms with E-state index in [0.717, 1.165) is 10.4 Å². The van der Waals surface area contributed by atoms with Crippen LogP contribution in [0.1, 0.15) is 0 Å². The number of benzene rings is 1. The van der Waals surface area contributed by atoms with Crippen molar-refractivity contribution >= 4 is 53.7 Å². The number of nitrogens with zero attached hydrogens (tertiary/aromatic N) is 2. The van der Waals surface area contributed by atoms with E-state index in [1.165, 1.54) is 17.5 Å². The third-order valence-electron chi connectivity index (χ3n) is 2.96. The number of rotatable bonds is 2. The van der Waals surface area contributed by atoms with Crippen molar-refractivity contribution in [3.63, 3.8) is 0 Å². The normalized spacial score (nSPS) is 10.8. The second-order valence-corrected chi connectivity index (χ2v) is 5.97. The van der Waals surface area contributed by atoms with Gasteiger partial charge in [0.15, 0.2) is 0 Å². The van der Waals surface area contributed by atoms with Gasteiger partial charge in [-0.15, -0.1) is 11.3 Å². The highest BCUT2D eigenvalue weighted by Gasteiger charge is 2.17. The summed E-state index contributed by atoms with van der Waals surface area (Å²) in [5.74, 6) is 0.370. The first-order valence-electron chi connectivity index (χ1n) is 5.97. The van der Waals surface area contributed by atoms with Crippen LogP contribution in [-0.4, -0.2) is 17.8 Å². The third kappa shape index (κ3) is 2.64. The van der Waals surface area contributed by atoms with Crippen molar-refractivity contribution in [1.82, 2.24) is 9.97 Å². The van der Waals surface area contributed by atoms with E-state index in [4.69, 9.17) is 36.8 Å². The lowest BCUT2D eigenvalue weighted by atomic mass is 9.95. The second kappa shape index (κ2) is 5.68. The highest BCUT2D eigenvalue weighted by atomic mass is 35.5. The van der Waals surface area contributed by atoms with Crippen LogP contribution in [0.15, 0.2) is 36.0 Å². The molecule has 3 aromatic rings. The van der Waals surface area contributed by atoms with Gasteiger partial charge in [0.05, 0.1) is 26.1 Å². The molecular formula is C14H8BCl2N3S. The molecule has 3 nitrogen and oxygen atoms in total. The lowest BCUT2D eigenvalue weighted by molar-refractivity contribution is 1.33. The number of nitrogen functional groups attached to an aromatic ring is 1. The molecule has 0 saturated carbocycles. The van der Waals surface area contributed by atoms with Gasteiger partial charge in [0.25, 0.3) is 0 Å². The van der Waals surface area contributed by atoms with Crippen LogP contribution in [-0.2, 0) is 0 Å². The van der Waals surface area contributed by atoms with Gasteiger partial charge in [-0.1, -0.05) is 46.9 Å². The number of aromatic nitrogens is 2. The van der Waals surface area contributed by atoms with E-state index >= 15 is 0 Å². The van der Waals surface area contributed by atoms with Crippen LogP contribution in [0.2, 0.25) is 10.0 Å². The average Bonchev–Trinajstić information content (AvgIpc) is 2.93. The highest BCUT2D eigenvalue weighted by Crippen LogP contribution is 2.41. The van der Waals surface area contributed by atoms with E-state index < -0.39 is 0 Å². The Kier molecular flexibility index (Phi) is 3.89. The van der Waals surface area contributed by atoms with E-state index in [1.807, 2.05) is 12.1 Å². The van der Waals surface area contributed by atoms with Crippen LogP contribution in [0.5, 0.6) is 0 Å². The molecule has 0 unspecified atom stereocenters. The maximum Gasteiger partial charge on any atom is 0.132 e. The smallest absolute Gasteiger partial charge is 0.132 e. The fourth-order valence-corrected chi connectivity index (χ4v) is 3.28. The van der Waals surface area contributed by atoms with Crippen molar-refractivity contribution in [2.45, 2.75) is 0 Å². The summed E-state index contributed by atoms with van der Waals surface area (Å²) in [6.07, 6.45) is 1.51. The zero-order chi connectivity index (χ0) is 15.0. The number of hydrogen-bond donors (Lipinski definition) is 1. The van der Waals surface area contributed by atoms with Crippen LogP contribution < -0.4 is 11.2 Å². The fraction of sp³-hybridized carbons (Fsp3) is 0. The van der Waals surface area contributed by atoms with E-state index in [1.54, 1.807) is 17.6 Å². The number of nitrogens with two attached hydrogens (primary N) is 1. The molecule has 7 heteroatoms. The Morgan fingerprint density at radius 3 is 2.76 bits per heavy atom. The first-order valence-corrected chi connectivity index (χ1v) is 7.60. The number of thiazole rings is 1. The maximum atomic E-state index is 6.29. The van der Waals surface area contributed by atoms with Crippen molar-refractivity contribution in [1.29, 1.82) is 0 Å². The molecule has 0 spiro atoms. The molecule has 0 aliphatic rings. The molecule has 0 bridgehead atoms. The summed E-state index contributed by atoms with van der Waals surface area (Å²) in [4.78, 5) is 9.32. The summed E-state index contributed by atoms with van der Waals surface area (Å²) in [5.41, 5.74) is 10.4. The van der Waals surface area contributed by atoms with Gasteiger partial charge in [0.2, 0.25) is 0 Å². The number of anilines is 1. The largest absolute Gasteiger partial charge is 0.383 e. The summed E-state index contributed by atoms with van der Waals surface area (Å²) < 4.78 is 0. The first-order chi connectivity index (χ1) is 10.1. The van der Waals surface area contributed by atoms with Crippen molar-refractivity contribution in [3.05, 3.63) is 46.0 Å². The molecule has 1 aromatic carbocycles. The molecule has 0 fully saturated rings. The molecule has 102 valence electrons. The van der Waals surface area contributed by atoms with Gasteiger partial charge in [0.1, 0.15) is 13.7 Å². The Balaban J connectivity index is 2.22. The van der Waals surface area contributed by atoms with Crippen molar-refractivity contribution in [2.75, 3.05) is 5.73 Å². The molecule has 3 rings (SSSR count). The van der Waals surface area contributed by atoms with E-state index in [-0.39, 0.29) is 0 Å². The minimum Gasteiger partial charge on any atom is -0.383 e. The molecule has 2 radical (unpaired) electrons. The molecule has 2 N–H and O–H groups in total. The summed E-state index contributed by atoms with van der Waals surface area (Å²) in [6, 6.07) is 7.22. The van der Waals surface area contributed by atoms with Gasteiger partial charge >= 0.3 is 0 Å². The topological polar surface area (TPSA) is 51.8 Å². The molecule has 0 amide bonds. The summed E-state index contributed by atoms with van der Waals surface area (Å²) >= 11 is 13.8. The molecule has 0 saturated heterocycles. The Labute approximate surface area is 137 Å². The molecule has 2 heterocycles. The number of hydrogen-bond acceptors (Lipinski definition) is 4. The van der Waals surface area contributed by atoms with Gasteiger partial charge in [-0.25, -0.2) is 9.97 Å². The van der Waals surface area contributed by atoms with Crippen LogP contribution in [0, 0.1) is 0 Å². The maximum absolute atomic E-state index is 6.29. The Bertz CT molecular complexity index is 803. The molecule has 0 atom stereocenters. The monoisotopic (exact) mass is 331 g/mol. The zero-order valence-electron chi connectivity index (χ0n) is 10.7. The third-order valence-corrected chi connectivity index (χ3v) is 4.64.